The molecule has 1 unspecified atom stereocenters. The molecule has 2 N–H and O–H groups in total. The monoisotopic (exact) mass is 317 g/mol. The molecule has 1 aromatic carbocycles. The van der Waals surface area contributed by atoms with E-state index >= 15 is 0 Å². The summed E-state index contributed by atoms with van der Waals surface area (Å²) in [5.41, 5.74) is 4.47. The number of hydrogen-bond acceptors (Lipinski definition) is 5. The minimum Gasteiger partial charge on any atom is -0.330 e. The molecule has 2 rings (SSSR count). The van der Waals surface area contributed by atoms with Gasteiger partial charge >= 0.3 is 0 Å². The van der Waals surface area contributed by atoms with Gasteiger partial charge in [-0.1, -0.05) is 13.0 Å². The van der Waals surface area contributed by atoms with Gasteiger partial charge in [0.05, 0.1) is 4.92 Å². The Labute approximate surface area is 121 Å². The molecule has 0 spiro atoms. The van der Waals surface area contributed by atoms with Crippen LogP contribution in [0.4, 0.5) is 10.1 Å². The van der Waals surface area contributed by atoms with Crippen molar-refractivity contribution >= 4 is 15.7 Å². The van der Waals surface area contributed by atoms with E-state index < -0.39 is 36.8 Å². The van der Waals surface area contributed by atoms with Gasteiger partial charge in [-0.25, -0.2) is 12.8 Å². The van der Waals surface area contributed by atoms with Crippen LogP contribution in [0.3, 0.4) is 0 Å². The van der Waals surface area contributed by atoms with Gasteiger partial charge < -0.3 is 5.73 Å². The van der Waals surface area contributed by atoms with Crippen LogP contribution in [0.5, 0.6) is 0 Å². The zero-order valence-electron chi connectivity index (χ0n) is 11.5. The molecule has 1 atom stereocenters. The first-order valence-corrected chi connectivity index (χ1v) is 7.78. The number of nitro groups is 1. The maximum atomic E-state index is 13.9. The van der Waals surface area contributed by atoms with Gasteiger partial charge in [0.25, 0.3) is 15.7 Å². The molecule has 7 nitrogen and oxygen atoms in total. The van der Waals surface area contributed by atoms with Gasteiger partial charge in [-0.15, -0.1) is 0 Å². The van der Waals surface area contributed by atoms with Crippen LogP contribution in [0.1, 0.15) is 13.3 Å². The number of nitro benzene ring substituents is 1. The number of nitrogens with zero attached hydrogens (tertiary/aromatic N) is 2. The van der Waals surface area contributed by atoms with Gasteiger partial charge in [0, 0.05) is 19.2 Å². The molecule has 1 heterocycles. The molecular weight excluding hydrogens is 301 g/mol. The van der Waals surface area contributed by atoms with Crippen molar-refractivity contribution in [2.75, 3.05) is 19.6 Å². The Morgan fingerprint density at radius 2 is 2.19 bits per heavy atom. The lowest BCUT2D eigenvalue weighted by molar-refractivity contribution is -0.388. The lowest BCUT2D eigenvalue weighted by Gasteiger charge is -2.22. The zero-order chi connectivity index (χ0) is 15.8. The number of rotatable bonds is 4. The van der Waals surface area contributed by atoms with Crippen molar-refractivity contribution in [3.05, 3.63) is 34.1 Å². The third kappa shape index (κ3) is 2.76. The van der Waals surface area contributed by atoms with Gasteiger partial charge in [-0.2, -0.15) is 4.31 Å². The summed E-state index contributed by atoms with van der Waals surface area (Å²) in [6.07, 6.45) is 0.533. The third-order valence-electron chi connectivity index (χ3n) is 3.76. The summed E-state index contributed by atoms with van der Waals surface area (Å²) in [6, 6.07) is 2.99. The minimum atomic E-state index is -4.27. The molecule has 1 aliphatic rings. The topological polar surface area (TPSA) is 107 Å². The van der Waals surface area contributed by atoms with Gasteiger partial charge in [0.15, 0.2) is 4.90 Å². The zero-order valence-corrected chi connectivity index (χ0v) is 12.3. The Balaban J connectivity index is 2.49. The molecule has 1 saturated heterocycles. The average molecular weight is 317 g/mol. The lowest BCUT2D eigenvalue weighted by atomic mass is 9.90. The van der Waals surface area contributed by atoms with E-state index in [-0.39, 0.29) is 13.1 Å². The first-order valence-electron chi connectivity index (χ1n) is 6.34. The fourth-order valence-corrected chi connectivity index (χ4v) is 4.17. The standard InChI is InChI=1S/C12H16FN3O4S/c1-12(7-14)5-6-15(8-12)21(19,20)11-9(13)3-2-4-10(11)16(17)18/h2-4H,5-8,14H2,1H3. The van der Waals surface area contributed by atoms with Crippen molar-refractivity contribution in [1.29, 1.82) is 0 Å². The molecule has 21 heavy (non-hydrogen) atoms. The SMILES string of the molecule is CC1(CN)CCN(S(=O)(=O)c2c(F)cccc2[N+](=O)[O-])C1. The van der Waals surface area contributed by atoms with Gasteiger partial charge in [-0.05, 0) is 24.4 Å². The van der Waals surface area contributed by atoms with E-state index in [9.17, 15) is 22.9 Å². The predicted molar refractivity (Wildman–Crippen MR) is 73.6 cm³/mol. The Hall–Kier alpha value is -1.58. The van der Waals surface area contributed by atoms with E-state index in [1.807, 2.05) is 6.92 Å². The fraction of sp³-hybridized carbons (Fsp3) is 0.500. The predicted octanol–water partition coefficient (Wildman–Crippen LogP) is 1.09. The molecular formula is C12H16FN3O4S. The first-order chi connectivity index (χ1) is 9.71. The molecule has 0 saturated carbocycles. The number of halogens is 1. The molecule has 0 aromatic heterocycles. The van der Waals surface area contributed by atoms with Gasteiger partial charge in [-0.3, -0.25) is 10.1 Å². The van der Waals surface area contributed by atoms with Gasteiger partial charge in [0.1, 0.15) is 5.82 Å². The highest BCUT2D eigenvalue weighted by Crippen LogP contribution is 2.36. The molecule has 0 amide bonds. The third-order valence-corrected chi connectivity index (χ3v) is 5.67. The van der Waals surface area contributed by atoms with E-state index in [0.29, 0.717) is 13.0 Å². The van der Waals surface area contributed by atoms with E-state index in [2.05, 4.69) is 0 Å². The Kier molecular flexibility index (Phi) is 4.00. The largest absolute Gasteiger partial charge is 0.330 e. The summed E-state index contributed by atoms with van der Waals surface area (Å²) in [5.74, 6) is -1.12. The maximum Gasteiger partial charge on any atom is 0.292 e. The van der Waals surface area contributed by atoms with Crippen molar-refractivity contribution in [1.82, 2.24) is 4.31 Å². The molecule has 1 aliphatic heterocycles. The molecule has 1 aromatic rings. The van der Waals surface area contributed by atoms with Crippen molar-refractivity contribution in [3.63, 3.8) is 0 Å². The van der Waals surface area contributed by atoms with Crippen LogP contribution < -0.4 is 5.73 Å². The minimum absolute atomic E-state index is 0.122. The summed E-state index contributed by atoms with van der Waals surface area (Å²) >= 11 is 0. The van der Waals surface area contributed by atoms with Gasteiger partial charge in [0.2, 0.25) is 0 Å². The number of nitrogens with two attached hydrogens (primary N) is 1. The second-order valence-electron chi connectivity index (χ2n) is 5.45. The Morgan fingerprint density at radius 1 is 1.52 bits per heavy atom. The summed E-state index contributed by atoms with van der Waals surface area (Å²) in [4.78, 5) is 9.18. The van der Waals surface area contributed by atoms with Crippen LogP contribution in [0.25, 0.3) is 0 Å². The summed E-state index contributed by atoms with van der Waals surface area (Å²) < 4.78 is 40.0. The highest BCUT2D eigenvalue weighted by molar-refractivity contribution is 7.89. The van der Waals surface area contributed by atoms with Crippen molar-refractivity contribution in [2.45, 2.75) is 18.2 Å². The van der Waals surface area contributed by atoms with E-state index in [1.165, 1.54) is 0 Å². The van der Waals surface area contributed by atoms with Crippen molar-refractivity contribution < 1.29 is 17.7 Å². The highest BCUT2D eigenvalue weighted by Gasteiger charge is 2.42. The normalized spacial score (nSPS) is 23.4. The molecule has 0 bridgehead atoms. The van der Waals surface area contributed by atoms with E-state index in [1.54, 1.807) is 0 Å². The van der Waals surface area contributed by atoms with Crippen molar-refractivity contribution in [2.24, 2.45) is 11.1 Å². The molecule has 0 aliphatic carbocycles. The number of benzene rings is 1. The van der Waals surface area contributed by atoms with Crippen molar-refractivity contribution in [3.8, 4) is 0 Å². The lowest BCUT2D eigenvalue weighted by Crippen LogP contribution is -2.35. The fourth-order valence-electron chi connectivity index (χ4n) is 2.38. The van der Waals surface area contributed by atoms with Crippen LogP contribution in [0.2, 0.25) is 0 Å². The summed E-state index contributed by atoms with van der Waals surface area (Å²) in [7, 11) is -4.27. The molecule has 0 radical (unpaired) electrons. The van der Waals surface area contributed by atoms with Crippen LogP contribution in [-0.2, 0) is 10.0 Å². The summed E-state index contributed by atoms with van der Waals surface area (Å²) in [5, 5.41) is 11.0. The molecule has 1 fully saturated rings. The Morgan fingerprint density at radius 3 is 2.71 bits per heavy atom. The smallest absolute Gasteiger partial charge is 0.292 e. The van der Waals surface area contributed by atoms with Crippen LogP contribution in [0, 0.1) is 21.3 Å². The van der Waals surface area contributed by atoms with E-state index in [4.69, 9.17) is 5.73 Å². The maximum absolute atomic E-state index is 13.9. The second-order valence-corrected chi connectivity index (χ2v) is 7.32. The average Bonchev–Trinajstić information content (AvgIpc) is 2.82. The first kappa shape index (κ1) is 15.8. The van der Waals surface area contributed by atoms with Crippen LogP contribution in [0.15, 0.2) is 23.1 Å². The summed E-state index contributed by atoms with van der Waals surface area (Å²) in [6.45, 7) is 2.41. The Bertz CT molecular complexity index is 679. The van der Waals surface area contributed by atoms with E-state index in [0.717, 1.165) is 22.5 Å². The molecule has 116 valence electrons. The number of sulfonamides is 1. The molecule has 9 heteroatoms. The van der Waals surface area contributed by atoms with Crippen LogP contribution >= 0.6 is 0 Å². The second kappa shape index (κ2) is 5.32. The number of hydrogen-bond donors (Lipinski definition) is 1. The van der Waals surface area contributed by atoms with Crippen LogP contribution in [-0.4, -0.2) is 37.3 Å². The highest BCUT2D eigenvalue weighted by atomic mass is 32.2. The quantitative estimate of drug-likeness (QED) is 0.661.